The minimum atomic E-state index is -5.34. The summed E-state index contributed by atoms with van der Waals surface area (Å²) in [6, 6.07) is 4.80. The molecule has 1 saturated carbocycles. The van der Waals surface area contributed by atoms with Crippen LogP contribution >= 0.6 is 0 Å². The van der Waals surface area contributed by atoms with Crippen molar-refractivity contribution in [1.82, 2.24) is 15.0 Å². The van der Waals surface area contributed by atoms with E-state index in [9.17, 15) is 35.9 Å². The van der Waals surface area contributed by atoms with Crippen LogP contribution < -0.4 is 11.2 Å². The third-order valence-electron chi connectivity index (χ3n) is 4.88. The number of carbonyl (C=O) groups excluding carboxylic acids is 2. The van der Waals surface area contributed by atoms with E-state index in [0.717, 1.165) is 30.9 Å². The minimum absolute atomic E-state index is 0.0561. The van der Waals surface area contributed by atoms with Gasteiger partial charge in [-0.15, -0.1) is 0 Å². The lowest BCUT2D eigenvalue weighted by molar-refractivity contribution is -0.182. The van der Waals surface area contributed by atoms with Crippen molar-refractivity contribution in [2.24, 2.45) is 5.84 Å². The van der Waals surface area contributed by atoms with Crippen LogP contribution in [0.5, 0.6) is 0 Å². The van der Waals surface area contributed by atoms with E-state index < -0.39 is 45.8 Å². The van der Waals surface area contributed by atoms with Crippen LogP contribution in [0.2, 0.25) is 0 Å². The maximum atomic E-state index is 13.0. The molecular weight excluding hydrogens is 432 g/mol. The molecule has 2 aromatic rings. The number of hydrogen-bond donors (Lipinski definition) is 2. The predicted molar refractivity (Wildman–Crippen MR) is 94.0 cm³/mol. The van der Waals surface area contributed by atoms with Crippen molar-refractivity contribution in [3.8, 4) is 0 Å². The predicted octanol–water partition coefficient (Wildman–Crippen LogP) is 3.39. The summed E-state index contributed by atoms with van der Waals surface area (Å²) in [5, 5.41) is 2.34. The zero-order valence-electron chi connectivity index (χ0n) is 15.6. The number of halogens is 6. The highest BCUT2D eigenvalue weighted by Crippen LogP contribution is 2.44. The molecule has 3 N–H and O–H groups in total. The van der Waals surface area contributed by atoms with Crippen molar-refractivity contribution < 1.29 is 35.9 Å². The molecule has 1 heterocycles. The molecule has 2 amide bonds. The second-order valence-corrected chi connectivity index (χ2v) is 6.91. The van der Waals surface area contributed by atoms with E-state index in [4.69, 9.17) is 5.84 Å². The van der Waals surface area contributed by atoms with Crippen LogP contribution in [-0.4, -0.2) is 33.0 Å². The van der Waals surface area contributed by atoms with E-state index in [1.807, 2.05) is 0 Å². The number of aromatic nitrogens is 2. The molecule has 31 heavy (non-hydrogen) atoms. The molecule has 7 nitrogen and oxygen atoms in total. The second kappa shape index (κ2) is 7.80. The molecule has 0 radical (unpaired) electrons. The quantitative estimate of drug-likeness (QED) is 0.323. The van der Waals surface area contributed by atoms with Gasteiger partial charge in [0, 0.05) is 12.4 Å². The van der Waals surface area contributed by atoms with Crippen LogP contribution in [0.1, 0.15) is 40.7 Å². The number of nitrogens with one attached hydrogen (secondary N) is 1. The van der Waals surface area contributed by atoms with Gasteiger partial charge in [0.1, 0.15) is 0 Å². The number of rotatable bonds is 4. The van der Waals surface area contributed by atoms with Crippen LogP contribution in [0.4, 0.5) is 32.3 Å². The first kappa shape index (κ1) is 22.5. The second-order valence-electron chi connectivity index (χ2n) is 6.91. The number of anilines is 1. The number of benzene rings is 1. The van der Waals surface area contributed by atoms with Gasteiger partial charge >= 0.3 is 18.3 Å². The Labute approximate surface area is 171 Å². The van der Waals surface area contributed by atoms with Gasteiger partial charge in [-0.05, 0) is 37.0 Å². The van der Waals surface area contributed by atoms with Gasteiger partial charge in [-0.2, -0.15) is 26.3 Å². The highest BCUT2D eigenvalue weighted by molar-refractivity contribution is 6.05. The van der Waals surface area contributed by atoms with E-state index in [-0.39, 0.29) is 5.95 Å². The van der Waals surface area contributed by atoms with Crippen molar-refractivity contribution in [2.45, 2.75) is 37.2 Å². The lowest BCUT2D eigenvalue weighted by atomic mass is 9.71. The number of hydrazine groups is 1. The van der Waals surface area contributed by atoms with Gasteiger partial charge < -0.3 is 5.32 Å². The van der Waals surface area contributed by atoms with Gasteiger partial charge in [-0.25, -0.2) is 20.8 Å². The number of nitrogens with two attached hydrogens (primary N) is 1. The molecule has 1 aliphatic carbocycles. The Morgan fingerprint density at radius 3 is 2.16 bits per heavy atom. The number of amides is 2. The molecule has 1 aromatic carbocycles. The summed E-state index contributed by atoms with van der Waals surface area (Å²) >= 11 is 0. The molecule has 0 saturated heterocycles. The first-order chi connectivity index (χ1) is 14.3. The average molecular weight is 447 g/mol. The molecule has 3 rings (SSSR count). The highest BCUT2D eigenvalue weighted by atomic mass is 19.4. The molecule has 1 fully saturated rings. The van der Waals surface area contributed by atoms with Gasteiger partial charge in [-0.1, -0.05) is 12.1 Å². The third-order valence-corrected chi connectivity index (χ3v) is 4.88. The first-order valence-corrected chi connectivity index (χ1v) is 8.82. The summed E-state index contributed by atoms with van der Waals surface area (Å²) in [7, 11) is 0. The molecule has 1 aromatic heterocycles. The molecular formula is C18H15F6N5O2. The monoisotopic (exact) mass is 447 g/mol. The number of carbonyl (C=O) groups is 2. The maximum Gasteiger partial charge on any atom is 0.473 e. The summed E-state index contributed by atoms with van der Waals surface area (Å²) in [5.41, 5.74) is -1.77. The molecule has 0 bridgehead atoms. The Bertz CT molecular complexity index is 986. The van der Waals surface area contributed by atoms with Crippen molar-refractivity contribution in [3.05, 3.63) is 53.3 Å². The van der Waals surface area contributed by atoms with Crippen LogP contribution in [0.3, 0.4) is 0 Å². The molecule has 0 aliphatic heterocycles. The standard InChI is InChI=1S/C18H15F6N5O2/c19-17(20,21)12-4-1-3-11(7-12)16(5-2-6-16)28-15-26-8-10(9-27-15)13(30)29(25)14(31)18(22,23)24/h1,3-4,7-9H,2,5-6,25H2,(H,26,27,28). The number of nitrogens with zero attached hydrogens (tertiary/aromatic N) is 3. The fourth-order valence-electron chi connectivity index (χ4n) is 3.09. The smallest absolute Gasteiger partial charge is 0.345 e. The summed E-state index contributed by atoms with van der Waals surface area (Å²) in [4.78, 5) is 30.6. The van der Waals surface area contributed by atoms with Crippen molar-refractivity contribution >= 4 is 17.8 Å². The summed E-state index contributed by atoms with van der Waals surface area (Å²) in [6.45, 7) is 0. The van der Waals surface area contributed by atoms with E-state index >= 15 is 0 Å². The minimum Gasteiger partial charge on any atom is -0.345 e. The van der Waals surface area contributed by atoms with E-state index in [0.29, 0.717) is 18.4 Å². The SMILES string of the molecule is NN(C(=O)c1cnc(NC2(c3cccc(C(F)(F)F)c3)CCC2)nc1)C(=O)C(F)(F)F. The molecule has 13 heteroatoms. The highest BCUT2D eigenvalue weighted by Gasteiger charge is 2.44. The summed E-state index contributed by atoms with van der Waals surface area (Å²) < 4.78 is 76.3. The fraction of sp³-hybridized carbons (Fsp3) is 0.333. The van der Waals surface area contributed by atoms with Crippen molar-refractivity contribution in [3.63, 3.8) is 0 Å². The summed E-state index contributed by atoms with van der Waals surface area (Å²) in [5.74, 6) is 0.844. The van der Waals surface area contributed by atoms with E-state index in [2.05, 4.69) is 15.3 Å². The number of hydrogen-bond acceptors (Lipinski definition) is 6. The molecule has 0 atom stereocenters. The van der Waals surface area contributed by atoms with Gasteiger partial charge in [0.25, 0.3) is 5.91 Å². The third kappa shape index (κ3) is 4.60. The van der Waals surface area contributed by atoms with Crippen LogP contribution in [0, 0.1) is 0 Å². The molecule has 0 unspecified atom stereocenters. The zero-order valence-corrected chi connectivity index (χ0v) is 15.6. The van der Waals surface area contributed by atoms with Gasteiger partial charge in [0.05, 0.1) is 16.7 Å². The van der Waals surface area contributed by atoms with Crippen molar-refractivity contribution in [1.29, 1.82) is 0 Å². The van der Waals surface area contributed by atoms with Gasteiger partial charge in [0.2, 0.25) is 5.95 Å². The first-order valence-electron chi connectivity index (χ1n) is 8.82. The fourth-order valence-corrected chi connectivity index (χ4v) is 3.09. The average Bonchev–Trinajstić information content (AvgIpc) is 2.68. The molecule has 0 spiro atoms. The zero-order chi connectivity index (χ0) is 23.0. The molecule has 166 valence electrons. The molecule has 1 aliphatic rings. The Morgan fingerprint density at radius 1 is 1.06 bits per heavy atom. The van der Waals surface area contributed by atoms with Gasteiger partial charge in [-0.3, -0.25) is 9.59 Å². The Balaban J connectivity index is 1.79. The van der Waals surface area contributed by atoms with Crippen LogP contribution in [-0.2, 0) is 16.5 Å². The van der Waals surface area contributed by atoms with Crippen molar-refractivity contribution in [2.75, 3.05) is 5.32 Å². The number of imide groups is 1. The van der Waals surface area contributed by atoms with E-state index in [1.54, 1.807) is 0 Å². The van der Waals surface area contributed by atoms with Crippen LogP contribution in [0.15, 0.2) is 36.7 Å². The van der Waals surface area contributed by atoms with E-state index in [1.165, 1.54) is 12.1 Å². The summed E-state index contributed by atoms with van der Waals surface area (Å²) in [6.07, 6.45) is -6.40. The Morgan fingerprint density at radius 2 is 1.68 bits per heavy atom. The Hall–Kier alpha value is -3.22. The van der Waals surface area contributed by atoms with Gasteiger partial charge in [0.15, 0.2) is 0 Å². The normalized spacial score (nSPS) is 15.7. The Kier molecular flexibility index (Phi) is 5.65. The van der Waals surface area contributed by atoms with Crippen LogP contribution in [0.25, 0.3) is 0 Å². The number of alkyl halides is 6. The topological polar surface area (TPSA) is 101 Å². The maximum absolute atomic E-state index is 13.0. The lowest BCUT2D eigenvalue weighted by Gasteiger charge is -2.43. The lowest BCUT2D eigenvalue weighted by Crippen LogP contribution is -2.49. The largest absolute Gasteiger partial charge is 0.473 e.